The molecule has 0 spiro atoms. The van der Waals surface area contributed by atoms with E-state index >= 15 is 0 Å². The van der Waals surface area contributed by atoms with Gasteiger partial charge in [0, 0.05) is 15.4 Å². The molecule has 0 bridgehead atoms. The molecule has 2 N–H and O–H groups in total. The Balaban J connectivity index is 2.14. The lowest BCUT2D eigenvalue weighted by atomic mass is 10.1. The van der Waals surface area contributed by atoms with Gasteiger partial charge in [-0.2, -0.15) is 0 Å². The van der Waals surface area contributed by atoms with Crippen LogP contribution >= 0.6 is 27.3 Å². The third kappa shape index (κ3) is 2.70. The van der Waals surface area contributed by atoms with Gasteiger partial charge in [0.2, 0.25) is 0 Å². The van der Waals surface area contributed by atoms with Gasteiger partial charge in [0.05, 0.1) is 0 Å². The average Bonchev–Trinajstić information content (AvgIpc) is 2.64. The fraction of sp³-hybridized carbons (Fsp3) is 0.167. The summed E-state index contributed by atoms with van der Waals surface area (Å²) in [5, 5.41) is 1.99. The second-order valence-corrected chi connectivity index (χ2v) is 5.38. The Labute approximate surface area is 106 Å². The molecule has 1 aromatic carbocycles. The van der Waals surface area contributed by atoms with Crippen LogP contribution in [0, 0.1) is 5.82 Å². The Bertz CT molecular complexity index is 483. The second kappa shape index (κ2) is 5.08. The molecule has 1 heterocycles. The summed E-state index contributed by atoms with van der Waals surface area (Å²) in [5.74, 6) is -0.213. The van der Waals surface area contributed by atoms with Crippen LogP contribution in [0.15, 0.2) is 40.2 Å². The predicted molar refractivity (Wildman–Crippen MR) is 69.1 cm³/mol. The Morgan fingerprint density at radius 1 is 1.38 bits per heavy atom. The van der Waals surface area contributed by atoms with E-state index in [4.69, 9.17) is 5.73 Å². The van der Waals surface area contributed by atoms with Crippen LogP contribution < -0.4 is 5.73 Å². The summed E-state index contributed by atoms with van der Waals surface area (Å²) in [7, 11) is 0. The van der Waals surface area contributed by atoms with Crippen LogP contribution in [0.4, 0.5) is 4.39 Å². The molecule has 0 amide bonds. The molecule has 2 aromatic rings. The zero-order valence-corrected chi connectivity index (χ0v) is 10.9. The maximum Gasteiger partial charge on any atom is 0.123 e. The smallest absolute Gasteiger partial charge is 0.123 e. The van der Waals surface area contributed by atoms with Crippen LogP contribution in [0.3, 0.4) is 0 Å². The van der Waals surface area contributed by atoms with Crippen molar-refractivity contribution in [2.45, 2.75) is 12.5 Å². The molecule has 4 heteroatoms. The topological polar surface area (TPSA) is 26.0 Å². The van der Waals surface area contributed by atoms with Gasteiger partial charge in [-0.25, -0.2) is 4.39 Å². The summed E-state index contributed by atoms with van der Waals surface area (Å²) in [5.41, 5.74) is 7.00. The van der Waals surface area contributed by atoms with E-state index < -0.39 is 0 Å². The first-order valence-electron chi connectivity index (χ1n) is 4.89. The molecule has 0 aliphatic heterocycles. The van der Waals surface area contributed by atoms with E-state index in [0.29, 0.717) is 6.42 Å². The number of nitrogens with two attached hydrogens (primary N) is 1. The molecule has 0 saturated carbocycles. The van der Waals surface area contributed by atoms with E-state index in [1.165, 1.54) is 12.1 Å². The van der Waals surface area contributed by atoms with Gasteiger partial charge in [0.25, 0.3) is 0 Å². The first-order valence-corrected chi connectivity index (χ1v) is 6.57. The van der Waals surface area contributed by atoms with Gasteiger partial charge in [0.1, 0.15) is 5.82 Å². The lowest BCUT2D eigenvalue weighted by Gasteiger charge is -2.10. The van der Waals surface area contributed by atoms with Gasteiger partial charge in [0.15, 0.2) is 0 Å². The van der Waals surface area contributed by atoms with Gasteiger partial charge in [-0.05, 0) is 51.5 Å². The average molecular weight is 300 g/mol. The first kappa shape index (κ1) is 11.8. The van der Waals surface area contributed by atoms with E-state index in [-0.39, 0.29) is 11.9 Å². The van der Waals surface area contributed by atoms with Gasteiger partial charge in [-0.1, -0.05) is 12.1 Å². The van der Waals surface area contributed by atoms with E-state index in [2.05, 4.69) is 15.9 Å². The minimum Gasteiger partial charge on any atom is -0.323 e. The minimum atomic E-state index is -0.213. The molecule has 1 atom stereocenters. The number of benzene rings is 1. The second-order valence-electron chi connectivity index (χ2n) is 3.57. The summed E-state index contributed by atoms with van der Waals surface area (Å²) in [6.07, 6.45) is 0.650. The number of rotatable bonds is 3. The number of hydrogen-bond donors (Lipinski definition) is 1. The number of thiophene rings is 1. The van der Waals surface area contributed by atoms with E-state index in [9.17, 15) is 4.39 Å². The number of halogens is 2. The van der Waals surface area contributed by atoms with Gasteiger partial charge >= 0.3 is 0 Å². The molecule has 1 aromatic heterocycles. The van der Waals surface area contributed by atoms with Gasteiger partial charge in [-0.15, -0.1) is 11.3 Å². The van der Waals surface area contributed by atoms with Crippen molar-refractivity contribution in [1.82, 2.24) is 0 Å². The number of hydrogen-bond acceptors (Lipinski definition) is 2. The van der Waals surface area contributed by atoms with Crippen LogP contribution in [-0.4, -0.2) is 0 Å². The lowest BCUT2D eigenvalue weighted by molar-refractivity contribution is 0.622. The van der Waals surface area contributed by atoms with E-state index in [0.717, 1.165) is 14.9 Å². The van der Waals surface area contributed by atoms with Crippen molar-refractivity contribution in [3.05, 3.63) is 56.4 Å². The Morgan fingerprint density at radius 2 is 2.19 bits per heavy atom. The van der Waals surface area contributed by atoms with E-state index in [1.54, 1.807) is 17.4 Å². The van der Waals surface area contributed by atoms with Crippen LogP contribution in [0.1, 0.15) is 16.5 Å². The van der Waals surface area contributed by atoms with Crippen molar-refractivity contribution in [1.29, 1.82) is 0 Å². The summed E-state index contributed by atoms with van der Waals surface area (Å²) in [4.78, 5) is 1.10. The molecule has 0 radical (unpaired) electrons. The molecule has 84 valence electrons. The molecule has 0 aliphatic rings. The fourth-order valence-corrected chi connectivity index (χ4v) is 3.25. The summed E-state index contributed by atoms with van der Waals surface area (Å²) in [6, 6.07) is 8.46. The highest BCUT2D eigenvalue weighted by Gasteiger charge is 2.12. The first-order chi connectivity index (χ1) is 7.66. The van der Waals surface area contributed by atoms with Crippen molar-refractivity contribution in [2.75, 3.05) is 0 Å². The maximum atomic E-state index is 13.0. The molecule has 0 fully saturated rings. The zero-order chi connectivity index (χ0) is 11.5. The van der Waals surface area contributed by atoms with Crippen LogP contribution in [-0.2, 0) is 6.42 Å². The van der Waals surface area contributed by atoms with Crippen molar-refractivity contribution >= 4 is 27.3 Å². The van der Waals surface area contributed by atoms with Gasteiger partial charge in [-0.3, -0.25) is 0 Å². The summed E-state index contributed by atoms with van der Waals surface area (Å²) in [6.45, 7) is 0. The third-order valence-corrected chi connectivity index (χ3v) is 4.33. The maximum absolute atomic E-state index is 13.0. The van der Waals surface area contributed by atoms with Gasteiger partial charge < -0.3 is 5.73 Å². The third-order valence-electron chi connectivity index (χ3n) is 2.33. The Kier molecular flexibility index (Phi) is 3.74. The van der Waals surface area contributed by atoms with Crippen LogP contribution in [0.5, 0.6) is 0 Å². The molecule has 1 unspecified atom stereocenters. The van der Waals surface area contributed by atoms with Crippen LogP contribution in [0.25, 0.3) is 0 Å². The SMILES string of the molecule is NC(Cc1cccc(F)c1)c1sccc1Br. The Hall–Kier alpha value is -0.710. The molecule has 2 rings (SSSR count). The highest BCUT2D eigenvalue weighted by Crippen LogP contribution is 2.29. The van der Waals surface area contributed by atoms with Crippen molar-refractivity contribution < 1.29 is 4.39 Å². The molecule has 0 saturated heterocycles. The summed E-state index contributed by atoms with van der Waals surface area (Å²) >= 11 is 5.07. The Morgan fingerprint density at radius 3 is 2.81 bits per heavy atom. The zero-order valence-electron chi connectivity index (χ0n) is 8.49. The molecular formula is C12H11BrFNS. The normalized spacial score (nSPS) is 12.7. The lowest BCUT2D eigenvalue weighted by Crippen LogP contribution is -2.12. The minimum absolute atomic E-state index is 0.0869. The van der Waals surface area contributed by atoms with E-state index in [1.807, 2.05) is 17.5 Å². The highest BCUT2D eigenvalue weighted by atomic mass is 79.9. The molecule has 1 nitrogen and oxygen atoms in total. The largest absolute Gasteiger partial charge is 0.323 e. The molecular weight excluding hydrogens is 289 g/mol. The van der Waals surface area contributed by atoms with Crippen molar-refractivity contribution in [3.8, 4) is 0 Å². The van der Waals surface area contributed by atoms with Crippen molar-refractivity contribution in [3.63, 3.8) is 0 Å². The monoisotopic (exact) mass is 299 g/mol. The standard InChI is InChI=1S/C12H11BrFNS/c13-10-4-5-16-12(10)11(15)7-8-2-1-3-9(14)6-8/h1-6,11H,7,15H2. The highest BCUT2D eigenvalue weighted by molar-refractivity contribution is 9.10. The van der Waals surface area contributed by atoms with Crippen molar-refractivity contribution in [2.24, 2.45) is 5.73 Å². The summed E-state index contributed by atoms with van der Waals surface area (Å²) < 4.78 is 14.0. The quantitative estimate of drug-likeness (QED) is 0.914. The molecule has 0 aliphatic carbocycles. The molecule has 16 heavy (non-hydrogen) atoms. The van der Waals surface area contributed by atoms with Crippen LogP contribution in [0.2, 0.25) is 0 Å². The predicted octanol–water partition coefficient (Wildman–Crippen LogP) is 3.89. The fourth-order valence-electron chi connectivity index (χ4n) is 1.58.